The number of Topliss-reactive ketones (excluding diaryl/α,β-unsaturated/α-hetero) is 1. The lowest BCUT2D eigenvalue weighted by Crippen LogP contribution is -2.43. The highest BCUT2D eigenvalue weighted by molar-refractivity contribution is 5.85. The van der Waals surface area contributed by atoms with E-state index in [1.54, 1.807) is 0 Å². The zero-order valence-corrected chi connectivity index (χ0v) is 31.5. The Hall–Kier alpha value is -0.750. The number of rotatable bonds is 38. The van der Waals surface area contributed by atoms with Crippen molar-refractivity contribution in [3.05, 3.63) is 12.2 Å². The van der Waals surface area contributed by atoms with Crippen molar-refractivity contribution in [2.24, 2.45) is 5.92 Å². The van der Waals surface area contributed by atoms with Gasteiger partial charge in [0.2, 0.25) is 0 Å². The van der Waals surface area contributed by atoms with Gasteiger partial charge in [0.25, 0.3) is 0 Å². The van der Waals surface area contributed by atoms with Crippen molar-refractivity contribution < 1.29 is 25.2 Å². The van der Waals surface area contributed by atoms with Gasteiger partial charge in [-0.2, -0.15) is 0 Å². The summed E-state index contributed by atoms with van der Waals surface area (Å²) in [5, 5.41) is 41.2. The number of hydrogen-bond donors (Lipinski definition) is 4. The Morgan fingerprint density at radius 3 is 1.19 bits per heavy atom. The average Bonchev–Trinajstić information content (AvgIpc) is 3.07. The molecule has 4 atom stereocenters. The lowest BCUT2D eigenvalue weighted by molar-refractivity contribution is -0.141. The topological polar surface area (TPSA) is 98.0 Å². The van der Waals surface area contributed by atoms with Crippen molar-refractivity contribution in [3.63, 3.8) is 0 Å². The van der Waals surface area contributed by atoms with Crippen LogP contribution in [0.4, 0.5) is 0 Å². The number of hydrogen-bond acceptors (Lipinski definition) is 5. The summed E-state index contributed by atoms with van der Waals surface area (Å²) in [5.41, 5.74) is 0. The number of allylic oxidation sites excluding steroid dienone is 2. The Kier molecular flexibility index (Phi) is 35.9. The van der Waals surface area contributed by atoms with Crippen LogP contribution in [0.1, 0.15) is 219 Å². The van der Waals surface area contributed by atoms with Crippen LogP contribution < -0.4 is 0 Å². The predicted octanol–water partition coefficient (Wildman–Crippen LogP) is 11.3. The number of unbranched alkanes of at least 4 members (excludes halogenated alkanes) is 27. The molecule has 0 amide bonds. The van der Waals surface area contributed by atoms with E-state index in [4.69, 9.17) is 0 Å². The largest absolute Gasteiger partial charge is 0.396 e. The van der Waals surface area contributed by atoms with E-state index in [9.17, 15) is 25.2 Å². The molecule has 5 heteroatoms. The highest BCUT2D eigenvalue weighted by Crippen LogP contribution is 2.19. The molecule has 0 aromatic heterocycles. The molecule has 47 heavy (non-hydrogen) atoms. The van der Waals surface area contributed by atoms with E-state index in [2.05, 4.69) is 26.0 Å². The van der Waals surface area contributed by atoms with Crippen molar-refractivity contribution >= 4 is 5.78 Å². The fourth-order valence-electron chi connectivity index (χ4n) is 6.69. The molecule has 0 aliphatic heterocycles. The van der Waals surface area contributed by atoms with Gasteiger partial charge in [-0.05, 0) is 38.5 Å². The fraction of sp³-hybridized carbons (Fsp3) is 0.929. The van der Waals surface area contributed by atoms with E-state index in [-0.39, 0.29) is 0 Å². The average molecular weight is 667 g/mol. The highest BCUT2D eigenvalue weighted by atomic mass is 16.3. The Labute approximate surface area is 292 Å². The number of aliphatic hydroxyl groups is 4. The Bertz CT molecular complexity index is 665. The van der Waals surface area contributed by atoms with E-state index in [0.717, 1.165) is 32.1 Å². The molecule has 280 valence electrons. The van der Waals surface area contributed by atoms with Gasteiger partial charge < -0.3 is 20.4 Å². The first kappa shape index (κ1) is 46.2. The molecule has 0 aromatic carbocycles. The molecular formula is C42H82O5. The second kappa shape index (κ2) is 36.5. The second-order valence-electron chi connectivity index (χ2n) is 14.6. The van der Waals surface area contributed by atoms with E-state index in [0.29, 0.717) is 19.3 Å². The quantitative estimate of drug-likeness (QED) is 0.0388. The molecule has 0 spiro atoms. The molecule has 5 nitrogen and oxygen atoms in total. The Balaban J connectivity index is 3.75. The van der Waals surface area contributed by atoms with Crippen LogP contribution in [0.15, 0.2) is 12.2 Å². The maximum atomic E-state index is 12.7. The van der Waals surface area contributed by atoms with Crippen molar-refractivity contribution in [2.75, 3.05) is 6.61 Å². The SMILES string of the molecule is CCCCCCCCCC=CCCC[C@@H](O)[C@@H](O)[C@H](CO)C(=O)[C@H](O)CCCCCCCCCCCCCCCCCCCCCC. The zero-order chi connectivity index (χ0) is 34.6. The number of aliphatic hydroxyl groups excluding tert-OH is 4. The molecule has 0 aliphatic carbocycles. The fourth-order valence-corrected chi connectivity index (χ4v) is 6.69. The first-order valence-electron chi connectivity index (χ1n) is 20.8. The van der Waals surface area contributed by atoms with Gasteiger partial charge in [-0.1, -0.05) is 193 Å². The third-order valence-electron chi connectivity index (χ3n) is 10.0. The van der Waals surface area contributed by atoms with Crippen LogP contribution >= 0.6 is 0 Å². The minimum atomic E-state index is -1.35. The monoisotopic (exact) mass is 667 g/mol. The van der Waals surface area contributed by atoms with Crippen LogP contribution in [0.25, 0.3) is 0 Å². The van der Waals surface area contributed by atoms with Gasteiger partial charge >= 0.3 is 0 Å². The Morgan fingerprint density at radius 2 is 0.809 bits per heavy atom. The van der Waals surface area contributed by atoms with Gasteiger partial charge in [0.05, 0.1) is 24.7 Å². The summed E-state index contributed by atoms with van der Waals surface area (Å²) in [6.45, 7) is 3.96. The summed E-state index contributed by atoms with van der Waals surface area (Å²) in [4.78, 5) is 12.7. The maximum absolute atomic E-state index is 12.7. The molecule has 0 fully saturated rings. The molecular weight excluding hydrogens is 584 g/mol. The number of carbonyl (C=O) groups is 1. The Morgan fingerprint density at radius 1 is 0.468 bits per heavy atom. The summed E-state index contributed by atoms with van der Waals surface area (Å²) >= 11 is 0. The van der Waals surface area contributed by atoms with Gasteiger partial charge in [0.1, 0.15) is 6.10 Å². The third-order valence-corrected chi connectivity index (χ3v) is 10.0. The summed E-state index contributed by atoms with van der Waals surface area (Å²) in [6, 6.07) is 0. The summed E-state index contributed by atoms with van der Waals surface area (Å²) < 4.78 is 0. The lowest BCUT2D eigenvalue weighted by Gasteiger charge is -2.26. The maximum Gasteiger partial charge on any atom is 0.169 e. The van der Waals surface area contributed by atoms with E-state index < -0.39 is 36.6 Å². The smallest absolute Gasteiger partial charge is 0.169 e. The van der Waals surface area contributed by atoms with Crippen molar-refractivity contribution in [1.82, 2.24) is 0 Å². The molecule has 0 heterocycles. The van der Waals surface area contributed by atoms with Gasteiger partial charge in [0.15, 0.2) is 5.78 Å². The molecule has 0 radical (unpaired) electrons. The van der Waals surface area contributed by atoms with Crippen molar-refractivity contribution in [2.45, 2.75) is 238 Å². The molecule has 0 saturated carbocycles. The highest BCUT2D eigenvalue weighted by Gasteiger charge is 2.34. The molecule has 0 rings (SSSR count). The van der Waals surface area contributed by atoms with Crippen LogP contribution in [-0.2, 0) is 4.79 Å². The van der Waals surface area contributed by atoms with E-state index >= 15 is 0 Å². The molecule has 0 unspecified atom stereocenters. The summed E-state index contributed by atoms with van der Waals surface area (Å²) in [7, 11) is 0. The van der Waals surface area contributed by atoms with E-state index in [1.807, 2.05) is 0 Å². The van der Waals surface area contributed by atoms with Gasteiger partial charge in [-0.25, -0.2) is 0 Å². The zero-order valence-electron chi connectivity index (χ0n) is 31.5. The molecule has 0 aromatic rings. The van der Waals surface area contributed by atoms with Crippen LogP contribution in [0.2, 0.25) is 0 Å². The molecule has 0 saturated heterocycles. The minimum absolute atomic E-state index is 0.348. The van der Waals surface area contributed by atoms with Crippen LogP contribution in [-0.4, -0.2) is 51.1 Å². The van der Waals surface area contributed by atoms with Gasteiger partial charge in [0, 0.05) is 0 Å². The summed E-state index contributed by atoms with van der Waals surface area (Å²) in [5.74, 6) is -1.69. The summed E-state index contributed by atoms with van der Waals surface area (Å²) in [6.07, 6.45) is 39.3. The standard InChI is InChI=1S/C42H82O5/c1-3-5-7-9-11-13-15-17-18-19-20-21-22-23-24-26-28-30-32-34-36-40(45)42(47)38(37-43)41(46)39(44)35-33-31-29-27-25-16-14-12-10-8-6-4-2/h27,29,38-41,43-46H,3-26,28,30-37H2,1-2H3/t38-,39+,40+,41-/m0/s1. The number of ketones is 1. The number of carbonyl (C=O) groups excluding carboxylic acids is 1. The van der Waals surface area contributed by atoms with Crippen LogP contribution in [0.5, 0.6) is 0 Å². The normalized spacial score (nSPS) is 14.5. The first-order chi connectivity index (χ1) is 23.0. The lowest BCUT2D eigenvalue weighted by atomic mass is 9.88. The van der Waals surface area contributed by atoms with Crippen LogP contribution in [0, 0.1) is 5.92 Å². The third kappa shape index (κ3) is 29.9. The van der Waals surface area contributed by atoms with Gasteiger partial charge in [-0.3, -0.25) is 4.79 Å². The molecule has 4 N–H and O–H groups in total. The molecule has 0 bridgehead atoms. The molecule has 0 aliphatic rings. The van der Waals surface area contributed by atoms with Crippen molar-refractivity contribution in [1.29, 1.82) is 0 Å². The van der Waals surface area contributed by atoms with E-state index in [1.165, 1.54) is 154 Å². The minimum Gasteiger partial charge on any atom is -0.396 e. The first-order valence-corrected chi connectivity index (χ1v) is 20.8. The van der Waals surface area contributed by atoms with Gasteiger partial charge in [-0.15, -0.1) is 0 Å². The predicted molar refractivity (Wildman–Crippen MR) is 202 cm³/mol. The van der Waals surface area contributed by atoms with Crippen LogP contribution in [0.3, 0.4) is 0 Å². The second-order valence-corrected chi connectivity index (χ2v) is 14.6. The van der Waals surface area contributed by atoms with Crippen molar-refractivity contribution in [3.8, 4) is 0 Å².